The minimum Gasteiger partial charge on any atom is -0.355 e. The van der Waals surface area contributed by atoms with Crippen LogP contribution in [0.15, 0.2) is 18.2 Å². The van der Waals surface area contributed by atoms with E-state index in [9.17, 15) is 9.18 Å². The smallest absolute Gasteiger partial charge is 0.277 e. The second-order valence-electron chi connectivity index (χ2n) is 4.18. The van der Waals surface area contributed by atoms with E-state index in [4.69, 9.17) is 10.5 Å². The number of halogens is 1. The first-order chi connectivity index (χ1) is 9.15. The lowest BCUT2D eigenvalue weighted by Crippen LogP contribution is -2.27. The lowest BCUT2D eigenvalue weighted by atomic mass is 10.1. The van der Waals surface area contributed by atoms with Crippen molar-refractivity contribution in [3.05, 3.63) is 29.6 Å². The number of ether oxygens (including phenoxy) is 1. The van der Waals surface area contributed by atoms with Crippen LogP contribution in [0.25, 0.3) is 0 Å². The molecule has 2 rings (SSSR count). The Hall–Kier alpha value is -1.70. The van der Waals surface area contributed by atoms with Gasteiger partial charge in [-0.2, -0.15) is 0 Å². The summed E-state index contributed by atoms with van der Waals surface area (Å²) in [6.07, 6.45) is -0.0421. The van der Waals surface area contributed by atoms with E-state index >= 15 is 0 Å². The van der Waals surface area contributed by atoms with E-state index in [1.807, 2.05) is 4.90 Å². The fraction of sp³-hybridized carbons (Fsp3) is 0.417. The molecule has 1 amide bonds. The number of nitrogens with one attached hydrogen (secondary N) is 1. The predicted octanol–water partition coefficient (Wildman–Crippen LogP) is 0.238. The van der Waals surface area contributed by atoms with Crippen LogP contribution in [0.3, 0.4) is 0 Å². The van der Waals surface area contributed by atoms with Gasteiger partial charge in [-0.15, -0.1) is 0 Å². The monoisotopic (exact) mass is 269 g/mol. The van der Waals surface area contributed by atoms with Crippen LogP contribution in [-0.4, -0.2) is 38.9 Å². The van der Waals surface area contributed by atoms with Gasteiger partial charge in [-0.25, -0.2) is 9.87 Å². The molecular formula is C12H16FN3O3. The van der Waals surface area contributed by atoms with Gasteiger partial charge < -0.3 is 15.4 Å². The molecule has 104 valence electrons. The Morgan fingerprint density at radius 3 is 3.05 bits per heavy atom. The molecule has 1 heterocycles. The van der Waals surface area contributed by atoms with Gasteiger partial charge in [-0.1, -0.05) is 0 Å². The Labute approximate surface area is 110 Å². The molecule has 3 N–H and O–H groups in total. The van der Waals surface area contributed by atoms with E-state index in [1.54, 1.807) is 6.07 Å². The van der Waals surface area contributed by atoms with E-state index in [0.29, 0.717) is 25.5 Å². The second-order valence-corrected chi connectivity index (χ2v) is 4.18. The van der Waals surface area contributed by atoms with Crippen LogP contribution < -0.4 is 16.1 Å². The summed E-state index contributed by atoms with van der Waals surface area (Å²) in [5.74, 6) is -1.23. The minimum atomic E-state index is -0.621. The molecule has 1 aromatic rings. The summed E-state index contributed by atoms with van der Waals surface area (Å²) in [5, 5.41) is 0. The topological polar surface area (TPSA) is 76.8 Å². The van der Waals surface area contributed by atoms with Crippen LogP contribution in [0.5, 0.6) is 0 Å². The molecule has 7 heteroatoms. The maximum atomic E-state index is 13.8. The van der Waals surface area contributed by atoms with Gasteiger partial charge in [0.1, 0.15) is 12.5 Å². The number of nitrogens with zero attached hydrogens (tertiary/aromatic N) is 1. The summed E-state index contributed by atoms with van der Waals surface area (Å²) in [6, 6.07) is 4.37. The molecular weight excluding hydrogens is 253 g/mol. The van der Waals surface area contributed by atoms with Crippen molar-refractivity contribution < 1.29 is 18.8 Å². The van der Waals surface area contributed by atoms with E-state index in [0.717, 1.165) is 0 Å². The second kappa shape index (κ2) is 5.96. The first-order valence-electron chi connectivity index (χ1n) is 5.85. The van der Waals surface area contributed by atoms with Gasteiger partial charge in [0.25, 0.3) is 5.91 Å². The fourth-order valence-electron chi connectivity index (χ4n) is 1.90. The summed E-state index contributed by atoms with van der Waals surface area (Å²) in [4.78, 5) is 17.8. The van der Waals surface area contributed by atoms with Crippen molar-refractivity contribution in [1.29, 1.82) is 0 Å². The zero-order chi connectivity index (χ0) is 13.8. The molecule has 0 bridgehead atoms. The van der Waals surface area contributed by atoms with E-state index < -0.39 is 11.7 Å². The number of hydrogen-bond acceptors (Lipinski definition) is 5. The number of hydrogen-bond donors (Lipinski definition) is 2. The number of hydroxylamine groups is 1. The van der Waals surface area contributed by atoms with Gasteiger partial charge in [0.05, 0.1) is 18.8 Å². The molecule has 0 radical (unpaired) electrons. The number of benzene rings is 1. The lowest BCUT2D eigenvalue weighted by molar-refractivity contribution is 0.0533. The maximum Gasteiger partial charge on any atom is 0.277 e. The normalized spacial score (nSPS) is 18.7. The molecule has 0 saturated carbocycles. The lowest BCUT2D eigenvalue weighted by Gasteiger charge is -2.16. The zero-order valence-corrected chi connectivity index (χ0v) is 10.6. The third-order valence-electron chi connectivity index (χ3n) is 2.91. The molecule has 1 aliphatic heterocycles. The fourth-order valence-corrected chi connectivity index (χ4v) is 1.90. The van der Waals surface area contributed by atoms with Crippen LogP contribution in [0, 0.1) is 5.82 Å². The molecule has 6 nitrogen and oxygen atoms in total. The summed E-state index contributed by atoms with van der Waals surface area (Å²) in [5.41, 5.74) is 8.17. The van der Waals surface area contributed by atoms with Gasteiger partial charge >= 0.3 is 0 Å². The van der Waals surface area contributed by atoms with Gasteiger partial charge in [0.15, 0.2) is 0 Å². The highest BCUT2D eigenvalue weighted by atomic mass is 19.1. The van der Waals surface area contributed by atoms with Gasteiger partial charge in [0, 0.05) is 18.8 Å². The number of anilines is 1. The van der Waals surface area contributed by atoms with Crippen molar-refractivity contribution in [2.24, 2.45) is 5.73 Å². The molecule has 19 heavy (non-hydrogen) atoms. The summed E-state index contributed by atoms with van der Waals surface area (Å²) in [7, 11) is 1.29. The molecule has 0 unspecified atom stereocenters. The quantitative estimate of drug-likeness (QED) is 0.766. The molecule has 1 fully saturated rings. The Bertz CT molecular complexity index is 470. The van der Waals surface area contributed by atoms with Crippen molar-refractivity contribution in [3.8, 4) is 0 Å². The highest BCUT2D eigenvalue weighted by Crippen LogP contribution is 2.22. The summed E-state index contributed by atoms with van der Waals surface area (Å²) < 4.78 is 19.3. The molecule has 0 spiro atoms. The zero-order valence-electron chi connectivity index (χ0n) is 10.6. The number of nitrogens with two attached hydrogens (primary N) is 1. The van der Waals surface area contributed by atoms with Crippen LogP contribution in [-0.2, 0) is 9.57 Å². The standard InChI is InChI=1S/C12H16FN3O3/c1-18-15-12(17)10-3-2-8(4-11(10)13)16-6-9(5-14)19-7-16/h2-4,9H,5-7,14H2,1H3,(H,15,17)/t9-/m0/s1. The Morgan fingerprint density at radius 1 is 1.68 bits per heavy atom. The van der Waals surface area contributed by atoms with Gasteiger partial charge in [0.2, 0.25) is 0 Å². The molecule has 1 atom stereocenters. The molecule has 1 saturated heterocycles. The van der Waals surface area contributed by atoms with Crippen LogP contribution >= 0.6 is 0 Å². The number of amides is 1. The largest absolute Gasteiger partial charge is 0.355 e. The number of carbonyl (C=O) groups is 1. The third-order valence-corrected chi connectivity index (χ3v) is 2.91. The Kier molecular flexibility index (Phi) is 4.31. The molecule has 0 aliphatic carbocycles. The molecule has 1 aliphatic rings. The van der Waals surface area contributed by atoms with Crippen molar-refractivity contribution in [2.75, 3.05) is 31.8 Å². The SMILES string of the molecule is CONC(=O)c1ccc(N2CO[C@@H](CN)C2)cc1F. The predicted molar refractivity (Wildman–Crippen MR) is 67.0 cm³/mol. The van der Waals surface area contributed by atoms with Crippen molar-refractivity contribution >= 4 is 11.6 Å². The summed E-state index contributed by atoms with van der Waals surface area (Å²) in [6.45, 7) is 1.40. The van der Waals surface area contributed by atoms with E-state index in [-0.39, 0.29) is 11.7 Å². The number of carbonyl (C=O) groups excluding carboxylic acids is 1. The van der Waals surface area contributed by atoms with Crippen LogP contribution in [0.1, 0.15) is 10.4 Å². The van der Waals surface area contributed by atoms with E-state index in [1.165, 1.54) is 19.2 Å². The molecule has 0 aromatic heterocycles. The van der Waals surface area contributed by atoms with E-state index in [2.05, 4.69) is 10.3 Å². The van der Waals surface area contributed by atoms with Crippen molar-refractivity contribution in [1.82, 2.24) is 5.48 Å². The third kappa shape index (κ3) is 3.01. The van der Waals surface area contributed by atoms with Gasteiger partial charge in [-0.05, 0) is 18.2 Å². The molecule has 1 aromatic carbocycles. The Morgan fingerprint density at radius 2 is 2.47 bits per heavy atom. The highest BCUT2D eigenvalue weighted by Gasteiger charge is 2.23. The maximum absolute atomic E-state index is 13.8. The number of rotatable bonds is 4. The first-order valence-corrected chi connectivity index (χ1v) is 5.85. The van der Waals surface area contributed by atoms with Gasteiger partial charge in [-0.3, -0.25) is 9.63 Å². The average Bonchev–Trinajstić information content (AvgIpc) is 2.87. The van der Waals surface area contributed by atoms with Crippen LogP contribution in [0.4, 0.5) is 10.1 Å². The highest BCUT2D eigenvalue weighted by molar-refractivity contribution is 5.94. The minimum absolute atomic E-state index is 0.0421. The average molecular weight is 269 g/mol. The van der Waals surface area contributed by atoms with Crippen molar-refractivity contribution in [2.45, 2.75) is 6.10 Å². The summed E-state index contributed by atoms with van der Waals surface area (Å²) >= 11 is 0. The van der Waals surface area contributed by atoms with Crippen molar-refractivity contribution in [3.63, 3.8) is 0 Å². The van der Waals surface area contributed by atoms with Crippen LogP contribution in [0.2, 0.25) is 0 Å². The Balaban J connectivity index is 2.13. The first kappa shape index (κ1) is 13.7.